The van der Waals surface area contributed by atoms with E-state index in [-0.39, 0.29) is 16.5 Å². The molecule has 0 atom stereocenters. The minimum atomic E-state index is -4.04. The Bertz CT molecular complexity index is 1280. The second kappa shape index (κ2) is 6.96. The fourth-order valence-electron chi connectivity index (χ4n) is 2.76. The van der Waals surface area contributed by atoms with Crippen molar-refractivity contribution in [3.8, 4) is 17.2 Å². The summed E-state index contributed by atoms with van der Waals surface area (Å²) in [7, 11) is -4.04. The standard InChI is InChI=1S/C21H16ClNO4S/c1-13-3-7-16(8-4-13)28(24,25)27-19-12-15(22)6-9-17(19)21-23-18-10-5-14(2)11-20(18)26-21/h3-12H,1-2H3. The second-order valence-corrected chi connectivity index (χ2v) is 8.46. The van der Waals surface area contributed by atoms with Gasteiger partial charge in [0.25, 0.3) is 0 Å². The van der Waals surface area contributed by atoms with Crippen LogP contribution in [0, 0.1) is 13.8 Å². The van der Waals surface area contributed by atoms with Crippen LogP contribution in [0.25, 0.3) is 22.6 Å². The molecule has 0 unspecified atom stereocenters. The zero-order valence-corrected chi connectivity index (χ0v) is 16.7. The Balaban J connectivity index is 1.79. The lowest BCUT2D eigenvalue weighted by atomic mass is 10.2. The second-order valence-electron chi connectivity index (χ2n) is 6.48. The van der Waals surface area contributed by atoms with Crippen LogP contribution in [0.5, 0.6) is 5.75 Å². The van der Waals surface area contributed by atoms with Crippen molar-refractivity contribution in [3.05, 3.63) is 76.8 Å². The molecule has 0 amide bonds. The summed E-state index contributed by atoms with van der Waals surface area (Å²) in [5, 5.41) is 0.338. The highest BCUT2D eigenvalue weighted by Gasteiger charge is 2.21. The van der Waals surface area contributed by atoms with E-state index >= 15 is 0 Å². The van der Waals surface area contributed by atoms with Crippen LogP contribution >= 0.6 is 11.6 Å². The summed E-state index contributed by atoms with van der Waals surface area (Å²) >= 11 is 6.07. The fourth-order valence-corrected chi connectivity index (χ4v) is 3.86. The molecule has 1 heterocycles. The number of hydrogen-bond acceptors (Lipinski definition) is 5. The van der Waals surface area contributed by atoms with Gasteiger partial charge in [-0.3, -0.25) is 0 Å². The third-order valence-electron chi connectivity index (χ3n) is 4.23. The summed E-state index contributed by atoms with van der Waals surface area (Å²) < 4.78 is 36.6. The van der Waals surface area contributed by atoms with Crippen molar-refractivity contribution in [1.82, 2.24) is 4.98 Å². The molecular formula is C21H16ClNO4S. The van der Waals surface area contributed by atoms with Crippen LogP contribution in [-0.2, 0) is 10.1 Å². The molecule has 4 aromatic rings. The third kappa shape index (κ3) is 3.61. The van der Waals surface area contributed by atoms with E-state index in [9.17, 15) is 8.42 Å². The normalized spacial score (nSPS) is 11.7. The molecule has 0 bridgehead atoms. The Hall–Kier alpha value is -2.83. The lowest BCUT2D eigenvalue weighted by molar-refractivity contribution is 0.485. The summed E-state index contributed by atoms with van der Waals surface area (Å²) in [6, 6.07) is 16.7. The number of hydrogen-bond donors (Lipinski definition) is 0. The van der Waals surface area contributed by atoms with Crippen LogP contribution in [-0.4, -0.2) is 13.4 Å². The van der Waals surface area contributed by atoms with Crippen molar-refractivity contribution < 1.29 is 17.0 Å². The zero-order valence-electron chi connectivity index (χ0n) is 15.1. The van der Waals surface area contributed by atoms with Gasteiger partial charge in [-0.25, -0.2) is 4.98 Å². The van der Waals surface area contributed by atoms with Crippen molar-refractivity contribution in [2.24, 2.45) is 0 Å². The summed E-state index contributed by atoms with van der Waals surface area (Å²) in [6.45, 7) is 3.83. The van der Waals surface area contributed by atoms with E-state index in [0.29, 0.717) is 21.7 Å². The summed E-state index contributed by atoms with van der Waals surface area (Å²) in [5.74, 6) is 0.308. The van der Waals surface area contributed by atoms with Crippen molar-refractivity contribution in [1.29, 1.82) is 0 Å². The molecule has 5 nitrogen and oxygen atoms in total. The lowest BCUT2D eigenvalue weighted by Gasteiger charge is -2.10. The molecule has 0 aliphatic carbocycles. The predicted molar refractivity (Wildman–Crippen MR) is 108 cm³/mol. The van der Waals surface area contributed by atoms with Gasteiger partial charge in [0.05, 0.1) is 5.56 Å². The Labute approximate surface area is 167 Å². The molecule has 0 radical (unpaired) electrons. The average Bonchev–Trinajstić information content (AvgIpc) is 3.04. The van der Waals surface area contributed by atoms with Gasteiger partial charge in [-0.15, -0.1) is 0 Å². The number of benzene rings is 3. The van der Waals surface area contributed by atoms with Gasteiger partial charge in [0.1, 0.15) is 10.4 Å². The zero-order chi connectivity index (χ0) is 19.9. The van der Waals surface area contributed by atoms with Crippen LogP contribution in [0.1, 0.15) is 11.1 Å². The smallest absolute Gasteiger partial charge is 0.339 e. The minimum Gasteiger partial charge on any atom is -0.436 e. The molecule has 0 fully saturated rings. The largest absolute Gasteiger partial charge is 0.436 e. The fraction of sp³-hybridized carbons (Fsp3) is 0.0952. The first-order chi connectivity index (χ1) is 13.3. The van der Waals surface area contributed by atoms with E-state index in [1.807, 2.05) is 32.0 Å². The molecular weight excluding hydrogens is 398 g/mol. The number of rotatable bonds is 4. The molecule has 4 rings (SSSR count). The van der Waals surface area contributed by atoms with Crippen LogP contribution in [0.15, 0.2) is 70.0 Å². The van der Waals surface area contributed by atoms with E-state index in [1.165, 1.54) is 18.2 Å². The molecule has 0 spiro atoms. The molecule has 0 aliphatic rings. The predicted octanol–water partition coefficient (Wildman–Crippen LogP) is 5.53. The van der Waals surface area contributed by atoms with Crippen LogP contribution in [0.4, 0.5) is 0 Å². The number of oxazole rings is 1. The Morgan fingerprint density at radius 3 is 2.39 bits per heavy atom. The molecule has 0 saturated heterocycles. The Morgan fingerprint density at radius 2 is 1.64 bits per heavy atom. The molecule has 1 aromatic heterocycles. The van der Waals surface area contributed by atoms with E-state index in [4.69, 9.17) is 20.2 Å². The highest BCUT2D eigenvalue weighted by molar-refractivity contribution is 7.87. The quantitative estimate of drug-likeness (QED) is 0.411. The molecule has 0 N–H and O–H groups in total. The number of halogens is 1. The van der Waals surface area contributed by atoms with Crippen molar-refractivity contribution >= 4 is 32.8 Å². The van der Waals surface area contributed by atoms with E-state index in [0.717, 1.165) is 11.1 Å². The molecule has 0 saturated carbocycles. The van der Waals surface area contributed by atoms with Gasteiger partial charge < -0.3 is 8.60 Å². The van der Waals surface area contributed by atoms with Gasteiger partial charge in [0, 0.05) is 11.1 Å². The number of nitrogens with zero attached hydrogens (tertiary/aromatic N) is 1. The van der Waals surface area contributed by atoms with Gasteiger partial charge in [0.2, 0.25) is 5.89 Å². The third-order valence-corrected chi connectivity index (χ3v) is 5.71. The Kier molecular flexibility index (Phi) is 4.61. The summed E-state index contributed by atoms with van der Waals surface area (Å²) in [5.41, 5.74) is 3.66. The number of aryl methyl sites for hydroxylation is 2. The van der Waals surface area contributed by atoms with Crippen LogP contribution < -0.4 is 4.18 Å². The monoisotopic (exact) mass is 413 g/mol. The van der Waals surface area contributed by atoms with E-state index in [2.05, 4.69) is 4.98 Å². The SMILES string of the molecule is Cc1ccc(S(=O)(=O)Oc2cc(Cl)ccc2-c2nc3ccc(C)cc3o2)cc1. The molecule has 7 heteroatoms. The molecule has 28 heavy (non-hydrogen) atoms. The number of fused-ring (bicyclic) bond motifs is 1. The maximum absolute atomic E-state index is 12.7. The molecule has 142 valence electrons. The highest BCUT2D eigenvalue weighted by atomic mass is 35.5. The van der Waals surface area contributed by atoms with E-state index in [1.54, 1.807) is 24.3 Å². The van der Waals surface area contributed by atoms with Gasteiger partial charge >= 0.3 is 10.1 Å². The Morgan fingerprint density at radius 1 is 0.929 bits per heavy atom. The first-order valence-corrected chi connectivity index (χ1v) is 10.3. The average molecular weight is 414 g/mol. The minimum absolute atomic E-state index is 0.0522. The van der Waals surface area contributed by atoms with Crippen LogP contribution in [0.3, 0.4) is 0 Å². The maximum Gasteiger partial charge on any atom is 0.339 e. The van der Waals surface area contributed by atoms with Gasteiger partial charge in [-0.2, -0.15) is 8.42 Å². The molecule has 3 aromatic carbocycles. The highest BCUT2D eigenvalue weighted by Crippen LogP contribution is 2.35. The van der Waals surface area contributed by atoms with Crippen molar-refractivity contribution in [2.45, 2.75) is 18.7 Å². The van der Waals surface area contributed by atoms with Gasteiger partial charge in [-0.1, -0.05) is 35.4 Å². The van der Waals surface area contributed by atoms with Gasteiger partial charge in [-0.05, 0) is 55.8 Å². The molecule has 0 aliphatic heterocycles. The summed E-state index contributed by atoms with van der Waals surface area (Å²) in [6.07, 6.45) is 0. The first-order valence-electron chi connectivity index (χ1n) is 8.50. The lowest BCUT2D eigenvalue weighted by Crippen LogP contribution is -2.10. The van der Waals surface area contributed by atoms with E-state index < -0.39 is 10.1 Å². The van der Waals surface area contributed by atoms with Crippen molar-refractivity contribution in [3.63, 3.8) is 0 Å². The topological polar surface area (TPSA) is 69.4 Å². The summed E-state index contributed by atoms with van der Waals surface area (Å²) in [4.78, 5) is 4.50. The van der Waals surface area contributed by atoms with Gasteiger partial charge in [0.15, 0.2) is 11.3 Å². The maximum atomic E-state index is 12.7. The number of aromatic nitrogens is 1. The van der Waals surface area contributed by atoms with Crippen molar-refractivity contribution in [2.75, 3.05) is 0 Å². The first kappa shape index (κ1) is 18.5. The van der Waals surface area contributed by atoms with Crippen LogP contribution in [0.2, 0.25) is 5.02 Å².